The van der Waals surface area contributed by atoms with Gasteiger partial charge in [-0.25, -0.2) is 0 Å². The standard InChI is InChI=1S/C20H25N5O2/c1-13(16(19(23)26)9-7-14-5-3-2-4-6-14)20(27)25-12-15-8-10-17(18(21)22)24-11-15/h2-6,8,10-11,13,16H,7,9,12H2,1H3,(H3,21,22)(H2,23,26)(H,25,27)/t13-,16?/m0/s1. The van der Waals surface area contributed by atoms with E-state index in [0.29, 0.717) is 18.5 Å². The molecule has 2 rings (SSSR count). The van der Waals surface area contributed by atoms with Crippen LogP contribution >= 0.6 is 0 Å². The number of aromatic nitrogens is 1. The van der Waals surface area contributed by atoms with E-state index >= 15 is 0 Å². The minimum absolute atomic E-state index is 0.109. The van der Waals surface area contributed by atoms with Gasteiger partial charge in [0.1, 0.15) is 11.5 Å². The first-order chi connectivity index (χ1) is 12.9. The fourth-order valence-corrected chi connectivity index (χ4v) is 2.83. The molecule has 7 heteroatoms. The Kier molecular flexibility index (Phi) is 7.05. The molecule has 142 valence electrons. The number of hydrogen-bond donors (Lipinski definition) is 4. The Hall–Kier alpha value is -3.22. The average Bonchev–Trinajstić information content (AvgIpc) is 2.67. The number of amides is 2. The van der Waals surface area contributed by atoms with Crippen LogP contribution in [0.2, 0.25) is 0 Å². The molecule has 2 amide bonds. The molecule has 6 N–H and O–H groups in total. The number of carbonyl (C=O) groups excluding carboxylic acids is 2. The third-order valence-corrected chi connectivity index (χ3v) is 4.54. The number of nitrogens with one attached hydrogen (secondary N) is 2. The van der Waals surface area contributed by atoms with Gasteiger partial charge >= 0.3 is 0 Å². The summed E-state index contributed by atoms with van der Waals surface area (Å²) in [5, 5.41) is 10.1. The number of carbonyl (C=O) groups is 2. The lowest BCUT2D eigenvalue weighted by Crippen LogP contribution is -2.39. The van der Waals surface area contributed by atoms with Crippen molar-refractivity contribution in [1.82, 2.24) is 10.3 Å². The molecule has 0 aliphatic rings. The van der Waals surface area contributed by atoms with Gasteiger partial charge in [-0.3, -0.25) is 20.0 Å². The van der Waals surface area contributed by atoms with Crippen molar-refractivity contribution in [3.63, 3.8) is 0 Å². The molecule has 0 bridgehead atoms. The molecule has 27 heavy (non-hydrogen) atoms. The maximum atomic E-state index is 12.5. The van der Waals surface area contributed by atoms with Crippen molar-refractivity contribution in [2.45, 2.75) is 26.3 Å². The van der Waals surface area contributed by atoms with Crippen molar-refractivity contribution in [2.75, 3.05) is 0 Å². The van der Waals surface area contributed by atoms with Crippen LogP contribution in [-0.2, 0) is 22.6 Å². The third kappa shape index (κ3) is 5.91. The van der Waals surface area contributed by atoms with E-state index in [0.717, 1.165) is 11.1 Å². The van der Waals surface area contributed by atoms with Crippen LogP contribution < -0.4 is 16.8 Å². The quantitative estimate of drug-likeness (QED) is 0.393. The highest BCUT2D eigenvalue weighted by Gasteiger charge is 2.28. The highest BCUT2D eigenvalue weighted by atomic mass is 16.2. The van der Waals surface area contributed by atoms with E-state index in [1.807, 2.05) is 30.3 Å². The minimum atomic E-state index is -0.539. The first-order valence-electron chi connectivity index (χ1n) is 8.78. The molecule has 0 saturated carbocycles. The van der Waals surface area contributed by atoms with Gasteiger partial charge in [-0.1, -0.05) is 43.3 Å². The molecule has 2 atom stereocenters. The largest absolute Gasteiger partial charge is 0.382 e. The Balaban J connectivity index is 1.92. The van der Waals surface area contributed by atoms with Crippen molar-refractivity contribution in [2.24, 2.45) is 23.3 Å². The van der Waals surface area contributed by atoms with E-state index in [1.54, 1.807) is 25.3 Å². The lowest BCUT2D eigenvalue weighted by Gasteiger charge is -2.20. The number of pyridine rings is 1. The first kappa shape index (κ1) is 20.1. The fourth-order valence-electron chi connectivity index (χ4n) is 2.83. The number of hydrogen-bond acceptors (Lipinski definition) is 4. The van der Waals surface area contributed by atoms with Crippen LogP contribution in [0.1, 0.15) is 30.2 Å². The topological polar surface area (TPSA) is 135 Å². The zero-order chi connectivity index (χ0) is 19.8. The Morgan fingerprint density at radius 2 is 1.81 bits per heavy atom. The Morgan fingerprint density at radius 1 is 1.11 bits per heavy atom. The minimum Gasteiger partial charge on any atom is -0.382 e. The molecule has 0 aliphatic heterocycles. The molecule has 0 spiro atoms. The molecule has 0 saturated heterocycles. The predicted molar refractivity (Wildman–Crippen MR) is 104 cm³/mol. The molecule has 1 unspecified atom stereocenters. The summed E-state index contributed by atoms with van der Waals surface area (Å²) in [5.41, 5.74) is 13.2. The number of rotatable bonds is 9. The summed E-state index contributed by atoms with van der Waals surface area (Å²) in [6.07, 6.45) is 2.76. The van der Waals surface area contributed by atoms with Crippen molar-refractivity contribution in [3.8, 4) is 0 Å². The lowest BCUT2D eigenvalue weighted by atomic mass is 9.87. The molecule has 0 aliphatic carbocycles. The molecule has 0 fully saturated rings. The summed E-state index contributed by atoms with van der Waals surface area (Å²) in [7, 11) is 0. The summed E-state index contributed by atoms with van der Waals surface area (Å²) in [6.45, 7) is 1.99. The van der Waals surface area contributed by atoms with Crippen LogP contribution in [0, 0.1) is 17.2 Å². The summed E-state index contributed by atoms with van der Waals surface area (Å²) in [6, 6.07) is 13.2. The van der Waals surface area contributed by atoms with Gasteiger partial charge in [0, 0.05) is 24.6 Å². The van der Waals surface area contributed by atoms with E-state index in [2.05, 4.69) is 10.3 Å². The number of primary amides is 1. The molecule has 2 aromatic rings. The Labute approximate surface area is 158 Å². The predicted octanol–water partition coefficient (Wildman–Crippen LogP) is 1.35. The fraction of sp³-hybridized carbons (Fsp3) is 0.300. The molecule has 7 nitrogen and oxygen atoms in total. The summed E-state index contributed by atoms with van der Waals surface area (Å²) >= 11 is 0. The monoisotopic (exact) mass is 367 g/mol. The molecule has 0 radical (unpaired) electrons. The van der Waals surface area contributed by atoms with Gasteiger partial charge in [0.25, 0.3) is 0 Å². The van der Waals surface area contributed by atoms with Gasteiger partial charge in [0.05, 0.1) is 0 Å². The number of nitrogens with two attached hydrogens (primary N) is 2. The Morgan fingerprint density at radius 3 is 2.37 bits per heavy atom. The summed E-state index contributed by atoms with van der Waals surface area (Å²) in [4.78, 5) is 28.4. The second kappa shape index (κ2) is 9.47. The van der Waals surface area contributed by atoms with Gasteiger partial charge in [-0.2, -0.15) is 0 Å². The number of nitrogens with zero attached hydrogens (tertiary/aromatic N) is 1. The first-order valence-corrected chi connectivity index (χ1v) is 8.78. The average molecular weight is 367 g/mol. The zero-order valence-electron chi connectivity index (χ0n) is 15.3. The van der Waals surface area contributed by atoms with Gasteiger partial charge in [-0.15, -0.1) is 0 Å². The lowest BCUT2D eigenvalue weighted by molar-refractivity contribution is -0.133. The summed E-state index contributed by atoms with van der Waals surface area (Å²) < 4.78 is 0. The Bertz CT molecular complexity index is 790. The van der Waals surface area contributed by atoms with E-state index in [1.165, 1.54) is 0 Å². The summed E-state index contributed by atoms with van der Waals surface area (Å²) in [5.74, 6) is -1.88. The van der Waals surface area contributed by atoms with Crippen LogP contribution in [0.5, 0.6) is 0 Å². The van der Waals surface area contributed by atoms with Gasteiger partial charge in [0.2, 0.25) is 11.8 Å². The van der Waals surface area contributed by atoms with Crippen molar-refractivity contribution < 1.29 is 9.59 Å². The van der Waals surface area contributed by atoms with Gasteiger partial charge in [-0.05, 0) is 30.0 Å². The second-order valence-corrected chi connectivity index (χ2v) is 6.50. The van der Waals surface area contributed by atoms with Crippen molar-refractivity contribution in [1.29, 1.82) is 5.41 Å². The van der Waals surface area contributed by atoms with Gasteiger partial charge < -0.3 is 16.8 Å². The number of aryl methyl sites for hydroxylation is 1. The third-order valence-electron chi connectivity index (χ3n) is 4.54. The van der Waals surface area contributed by atoms with Crippen molar-refractivity contribution in [3.05, 3.63) is 65.5 Å². The van der Waals surface area contributed by atoms with Crippen molar-refractivity contribution >= 4 is 17.6 Å². The van der Waals surface area contributed by atoms with Crippen LogP contribution in [0.4, 0.5) is 0 Å². The number of benzene rings is 1. The molecule has 1 heterocycles. The van der Waals surface area contributed by atoms with E-state index in [-0.39, 0.29) is 18.3 Å². The van der Waals surface area contributed by atoms with Crippen LogP contribution in [0.3, 0.4) is 0 Å². The number of amidine groups is 1. The molecule has 1 aromatic heterocycles. The molecular formula is C20H25N5O2. The number of nitrogen functional groups attached to an aromatic ring is 1. The van der Waals surface area contributed by atoms with Crippen LogP contribution in [-0.4, -0.2) is 22.6 Å². The smallest absolute Gasteiger partial charge is 0.223 e. The molecular weight excluding hydrogens is 342 g/mol. The zero-order valence-corrected chi connectivity index (χ0v) is 15.3. The molecule has 1 aromatic carbocycles. The SMILES string of the molecule is C[C@H](C(=O)NCc1ccc(C(=N)N)nc1)C(CCc1ccccc1)C(N)=O. The van der Waals surface area contributed by atoms with E-state index in [9.17, 15) is 9.59 Å². The van der Waals surface area contributed by atoms with Crippen LogP contribution in [0.15, 0.2) is 48.7 Å². The highest BCUT2D eigenvalue weighted by Crippen LogP contribution is 2.19. The second-order valence-electron chi connectivity index (χ2n) is 6.50. The van der Waals surface area contributed by atoms with Crippen LogP contribution in [0.25, 0.3) is 0 Å². The van der Waals surface area contributed by atoms with E-state index in [4.69, 9.17) is 16.9 Å². The normalized spacial score (nSPS) is 12.8. The maximum absolute atomic E-state index is 12.5. The van der Waals surface area contributed by atoms with E-state index < -0.39 is 17.7 Å². The highest BCUT2D eigenvalue weighted by molar-refractivity contribution is 5.92. The maximum Gasteiger partial charge on any atom is 0.223 e. The van der Waals surface area contributed by atoms with Gasteiger partial charge in [0.15, 0.2) is 0 Å².